The normalized spacial score (nSPS) is 10.5. The summed E-state index contributed by atoms with van der Waals surface area (Å²) in [6, 6.07) is 13.9. The molecule has 4 nitrogen and oxygen atoms in total. The lowest BCUT2D eigenvalue weighted by Crippen LogP contribution is -2.82. The van der Waals surface area contributed by atoms with Gasteiger partial charge in [-0.2, -0.15) is 0 Å². The highest BCUT2D eigenvalue weighted by Gasteiger charge is 2.02. The Morgan fingerprint density at radius 1 is 1.29 bits per heavy atom. The number of rotatable bonds is 5. The van der Waals surface area contributed by atoms with Crippen LogP contribution in [0.3, 0.4) is 0 Å². The second-order valence-corrected chi connectivity index (χ2v) is 4.67. The zero-order valence-corrected chi connectivity index (χ0v) is 12.0. The summed E-state index contributed by atoms with van der Waals surface area (Å²) in [6.07, 6.45) is 1.69. The van der Waals surface area contributed by atoms with Crippen LogP contribution in [-0.2, 0) is 6.61 Å². The Bertz CT molecular complexity index is 661. The third kappa shape index (κ3) is 4.85. The molecule has 0 aliphatic rings. The molecule has 108 valence electrons. The van der Waals surface area contributed by atoms with Crippen molar-refractivity contribution in [1.82, 2.24) is 5.43 Å². The molecular weight excluding hydrogens is 289 g/mol. The number of hydrazine groups is 1. The average molecular weight is 304 g/mol. The van der Waals surface area contributed by atoms with Gasteiger partial charge in [0.25, 0.3) is 0 Å². The highest BCUT2D eigenvalue weighted by molar-refractivity contribution is 7.80. The Labute approximate surface area is 127 Å². The zero-order valence-electron chi connectivity index (χ0n) is 11.2. The molecule has 2 rings (SSSR count). The van der Waals surface area contributed by atoms with E-state index in [0.29, 0.717) is 11.3 Å². The van der Waals surface area contributed by atoms with E-state index in [1.165, 1.54) is 6.07 Å². The van der Waals surface area contributed by atoms with Gasteiger partial charge in [-0.1, -0.05) is 24.3 Å². The molecular formula is C15H15FN3OS+. The molecule has 0 heterocycles. The minimum Gasteiger partial charge on any atom is -0.489 e. The Balaban J connectivity index is 1.99. The van der Waals surface area contributed by atoms with E-state index in [1.54, 1.807) is 30.5 Å². The number of nitrogens with one attached hydrogen (secondary N) is 2. The van der Waals surface area contributed by atoms with Crippen LogP contribution in [0.4, 0.5) is 4.39 Å². The van der Waals surface area contributed by atoms with Crippen molar-refractivity contribution in [2.45, 2.75) is 6.61 Å². The highest BCUT2D eigenvalue weighted by atomic mass is 32.1. The first-order chi connectivity index (χ1) is 10.1. The highest BCUT2D eigenvalue weighted by Crippen LogP contribution is 2.15. The molecule has 0 aliphatic carbocycles. The van der Waals surface area contributed by atoms with Gasteiger partial charge in [0.15, 0.2) is 6.21 Å². The standard InChI is InChI=1S/C15H14FN3OS/c16-14-7-2-1-5-12(14)10-20-13-6-3-4-11(8-13)9-18-19-15(17)21/h1-9H,10H2,(H3,17,19,21)/p+1. The minimum atomic E-state index is -0.275. The Morgan fingerprint density at radius 2 is 2.10 bits per heavy atom. The monoisotopic (exact) mass is 304 g/mol. The molecule has 2 aromatic rings. The second kappa shape index (κ2) is 7.35. The lowest BCUT2D eigenvalue weighted by molar-refractivity contribution is -0.499. The fourth-order valence-electron chi connectivity index (χ4n) is 1.66. The van der Waals surface area contributed by atoms with Crippen LogP contribution in [0.1, 0.15) is 11.1 Å². The van der Waals surface area contributed by atoms with Gasteiger partial charge in [0.1, 0.15) is 18.2 Å². The molecule has 0 atom stereocenters. The minimum absolute atomic E-state index is 0.151. The number of thiocarbonyl (C=S) groups is 1. The van der Waals surface area contributed by atoms with Gasteiger partial charge in [-0.25, -0.2) is 4.39 Å². The van der Waals surface area contributed by atoms with Gasteiger partial charge in [-0.15, -0.1) is 10.5 Å². The van der Waals surface area contributed by atoms with Crippen molar-refractivity contribution in [3.63, 3.8) is 0 Å². The van der Waals surface area contributed by atoms with E-state index < -0.39 is 0 Å². The maximum atomic E-state index is 13.5. The van der Waals surface area contributed by atoms with Crippen molar-refractivity contribution >= 4 is 23.5 Å². The quantitative estimate of drug-likeness (QED) is 0.431. The molecule has 0 saturated carbocycles. The van der Waals surface area contributed by atoms with E-state index in [0.717, 1.165) is 5.56 Å². The average Bonchev–Trinajstić information content (AvgIpc) is 2.46. The number of halogens is 1. The van der Waals surface area contributed by atoms with E-state index in [4.69, 9.17) is 10.5 Å². The van der Waals surface area contributed by atoms with Gasteiger partial charge in [0, 0.05) is 11.1 Å². The topological polar surface area (TPSA) is 61.2 Å². The van der Waals surface area contributed by atoms with Crippen molar-refractivity contribution in [2.24, 2.45) is 5.73 Å². The Morgan fingerprint density at radius 3 is 2.86 bits per heavy atom. The largest absolute Gasteiger partial charge is 0.489 e. The summed E-state index contributed by atoms with van der Waals surface area (Å²) in [5, 5.41) is 2.91. The maximum Gasteiger partial charge on any atom is 0.221 e. The molecule has 2 aromatic carbocycles. The van der Waals surface area contributed by atoms with E-state index in [1.807, 2.05) is 18.2 Å². The number of nitrogens with two attached hydrogens (primary N) is 1. The van der Waals surface area contributed by atoms with Gasteiger partial charge in [-0.05, 0) is 36.5 Å². The summed E-state index contributed by atoms with van der Waals surface area (Å²) >= 11 is 4.67. The van der Waals surface area contributed by atoms with Gasteiger partial charge < -0.3 is 10.5 Å². The summed E-state index contributed by atoms with van der Waals surface area (Å²) in [5.41, 5.74) is 9.26. The maximum absolute atomic E-state index is 13.5. The van der Waals surface area contributed by atoms with Crippen LogP contribution in [0.5, 0.6) is 5.75 Å². The van der Waals surface area contributed by atoms with Crippen molar-refractivity contribution in [1.29, 1.82) is 0 Å². The predicted octanol–water partition coefficient (Wildman–Crippen LogP) is 0.652. The molecule has 0 saturated heterocycles. The SMILES string of the molecule is NC(=S)N[NH+]=Cc1cccc(OCc2ccccc2F)c1. The van der Waals surface area contributed by atoms with Gasteiger partial charge >= 0.3 is 0 Å². The molecule has 4 N–H and O–H groups in total. The van der Waals surface area contributed by atoms with Crippen LogP contribution < -0.4 is 21.0 Å². The Kier molecular flexibility index (Phi) is 5.22. The molecule has 0 bridgehead atoms. The number of ether oxygens (including phenoxy) is 1. The number of hydrazone groups is 1. The molecule has 0 aliphatic heterocycles. The lowest BCUT2D eigenvalue weighted by Gasteiger charge is -2.07. The summed E-state index contributed by atoms with van der Waals surface area (Å²) in [6.45, 7) is 0.175. The second-order valence-electron chi connectivity index (χ2n) is 4.23. The summed E-state index contributed by atoms with van der Waals surface area (Å²) in [5.74, 6) is 0.367. The smallest absolute Gasteiger partial charge is 0.221 e. The van der Waals surface area contributed by atoms with Crippen LogP contribution in [0.2, 0.25) is 0 Å². The summed E-state index contributed by atoms with van der Waals surface area (Å²) < 4.78 is 19.1. The first-order valence-corrected chi connectivity index (χ1v) is 6.66. The number of benzene rings is 2. The van der Waals surface area contributed by atoms with E-state index in [-0.39, 0.29) is 17.5 Å². The molecule has 0 spiro atoms. The van der Waals surface area contributed by atoms with Crippen LogP contribution >= 0.6 is 12.2 Å². The molecule has 0 unspecified atom stereocenters. The zero-order chi connectivity index (χ0) is 15.1. The third-order valence-corrected chi connectivity index (χ3v) is 2.75. The predicted molar refractivity (Wildman–Crippen MR) is 83.2 cm³/mol. The fourth-order valence-corrected chi connectivity index (χ4v) is 1.72. The fraction of sp³-hybridized carbons (Fsp3) is 0.0667. The van der Waals surface area contributed by atoms with Crippen LogP contribution in [0, 0.1) is 5.82 Å². The van der Waals surface area contributed by atoms with Crippen molar-refractivity contribution in [2.75, 3.05) is 0 Å². The first kappa shape index (κ1) is 14.9. The number of hydrogen-bond donors (Lipinski definition) is 3. The molecule has 0 amide bonds. The third-order valence-electron chi connectivity index (χ3n) is 2.64. The molecule has 0 radical (unpaired) electrons. The summed E-state index contributed by atoms with van der Waals surface area (Å²) in [4.78, 5) is 0. The molecule has 0 aromatic heterocycles. The van der Waals surface area contributed by atoms with Crippen LogP contribution in [0.25, 0.3) is 0 Å². The van der Waals surface area contributed by atoms with Crippen molar-refractivity contribution < 1.29 is 14.2 Å². The van der Waals surface area contributed by atoms with E-state index >= 15 is 0 Å². The van der Waals surface area contributed by atoms with Crippen LogP contribution in [-0.4, -0.2) is 11.3 Å². The molecule has 6 heteroatoms. The van der Waals surface area contributed by atoms with Crippen LogP contribution in [0.15, 0.2) is 48.5 Å². The lowest BCUT2D eigenvalue weighted by atomic mass is 10.2. The molecule has 21 heavy (non-hydrogen) atoms. The summed E-state index contributed by atoms with van der Waals surface area (Å²) in [7, 11) is 0. The van der Waals surface area contributed by atoms with Gasteiger partial charge in [-0.3, -0.25) is 0 Å². The molecule has 0 fully saturated rings. The first-order valence-electron chi connectivity index (χ1n) is 6.25. The Hall–Kier alpha value is -2.47. The van der Waals surface area contributed by atoms with Crippen molar-refractivity contribution in [3.8, 4) is 5.75 Å². The number of hydrogen-bond acceptors (Lipinski definition) is 2. The van der Waals surface area contributed by atoms with Gasteiger partial charge in [0.05, 0.1) is 0 Å². The van der Waals surface area contributed by atoms with Gasteiger partial charge in [0.2, 0.25) is 5.11 Å². The van der Waals surface area contributed by atoms with Crippen molar-refractivity contribution in [3.05, 3.63) is 65.5 Å². The van der Waals surface area contributed by atoms with E-state index in [2.05, 4.69) is 22.7 Å². The van der Waals surface area contributed by atoms with E-state index in [9.17, 15) is 4.39 Å².